The minimum atomic E-state index is -0.165. The maximum atomic E-state index is 12.8. The van der Waals surface area contributed by atoms with E-state index in [0.717, 1.165) is 15.2 Å². The largest absolute Gasteiger partial charge is 0.381 e. The predicted molar refractivity (Wildman–Crippen MR) is 64.9 cm³/mol. The molecule has 0 saturated heterocycles. The number of anilines is 1. The molecule has 1 saturated carbocycles. The van der Waals surface area contributed by atoms with E-state index in [1.54, 1.807) is 6.07 Å². The second kappa shape index (κ2) is 4.04. The van der Waals surface area contributed by atoms with Crippen LogP contribution in [0.2, 0.25) is 0 Å². The first-order chi connectivity index (χ1) is 6.65. The first-order valence-corrected chi connectivity index (χ1v) is 5.94. The van der Waals surface area contributed by atoms with Crippen molar-refractivity contribution in [1.29, 1.82) is 0 Å². The van der Waals surface area contributed by atoms with Crippen LogP contribution in [0, 0.1) is 15.3 Å². The average molecular weight is 305 g/mol. The Kier molecular flexibility index (Phi) is 2.95. The molecule has 0 aliphatic heterocycles. The first kappa shape index (κ1) is 10.2. The third kappa shape index (κ3) is 2.19. The fourth-order valence-electron chi connectivity index (χ4n) is 1.85. The van der Waals surface area contributed by atoms with Crippen LogP contribution in [0.15, 0.2) is 18.2 Å². The molecule has 2 rings (SSSR count). The highest BCUT2D eigenvalue weighted by Crippen LogP contribution is 2.30. The molecule has 1 N–H and O–H groups in total. The molecule has 1 aliphatic rings. The molecule has 3 heteroatoms. The van der Waals surface area contributed by atoms with Crippen molar-refractivity contribution in [2.75, 3.05) is 5.32 Å². The van der Waals surface area contributed by atoms with Crippen LogP contribution in [-0.2, 0) is 0 Å². The van der Waals surface area contributed by atoms with Crippen LogP contribution in [-0.4, -0.2) is 6.04 Å². The van der Waals surface area contributed by atoms with E-state index in [2.05, 4.69) is 34.8 Å². The standard InChI is InChI=1S/C11H13FIN/c1-7-4-9(5-7)14-11-3-2-8(12)6-10(11)13/h2-3,6-7,9,14H,4-5H2,1H3. The fraction of sp³-hybridized carbons (Fsp3) is 0.455. The van der Waals surface area contributed by atoms with E-state index in [1.165, 1.54) is 18.9 Å². The molecule has 1 aromatic carbocycles. The van der Waals surface area contributed by atoms with E-state index < -0.39 is 0 Å². The Labute approximate surface area is 97.2 Å². The Morgan fingerprint density at radius 2 is 2.14 bits per heavy atom. The fourth-order valence-corrected chi connectivity index (χ4v) is 2.48. The van der Waals surface area contributed by atoms with Gasteiger partial charge in [0.1, 0.15) is 5.82 Å². The van der Waals surface area contributed by atoms with Crippen LogP contribution in [0.3, 0.4) is 0 Å². The maximum Gasteiger partial charge on any atom is 0.124 e. The maximum absolute atomic E-state index is 12.8. The quantitative estimate of drug-likeness (QED) is 0.823. The molecule has 0 bridgehead atoms. The highest BCUT2D eigenvalue weighted by atomic mass is 127. The second-order valence-corrected chi connectivity index (χ2v) is 5.20. The van der Waals surface area contributed by atoms with Gasteiger partial charge in [0.2, 0.25) is 0 Å². The Hall–Kier alpha value is -0.320. The summed E-state index contributed by atoms with van der Waals surface area (Å²) in [6.45, 7) is 2.26. The van der Waals surface area contributed by atoms with Gasteiger partial charge in [-0.05, 0) is 59.5 Å². The summed E-state index contributed by atoms with van der Waals surface area (Å²) in [7, 11) is 0. The zero-order valence-electron chi connectivity index (χ0n) is 8.06. The summed E-state index contributed by atoms with van der Waals surface area (Å²) in [6, 6.07) is 5.47. The van der Waals surface area contributed by atoms with Gasteiger partial charge in [-0.2, -0.15) is 0 Å². The third-order valence-electron chi connectivity index (χ3n) is 2.66. The lowest BCUT2D eigenvalue weighted by atomic mass is 9.82. The van der Waals surface area contributed by atoms with Gasteiger partial charge in [0.05, 0.1) is 0 Å². The van der Waals surface area contributed by atoms with E-state index in [-0.39, 0.29) is 5.82 Å². The smallest absolute Gasteiger partial charge is 0.124 e. The van der Waals surface area contributed by atoms with Gasteiger partial charge in [0, 0.05) is 15.3 Å². The van der Waals surface area contributed by atoms with Crippen LogP contribution in [0.4, 0.5) is 10.1 Å². The summed E-state index contributed by atoms with van der Waals surface area (Å²) >= 11 is 2.16. The monoisotopic (exact) mass is 305 g/mol. The molecule has 1 fully saturated rings. The van der Waals surface area contributed by atoms with Crippen LogP contribution < -0.4 is 5.32 Å². The van der Waals surface area contributed by atoms with Crippen molar-refractivity contribution in [3.8, 4) is 0 Å². The summed E-state index contributed by atoms with van der Waals surface area (Å²) in [5.74, 6) is 0.674. The van der Waals surface area contributed by atoms with Gasteiger partial charge in [-0.3, -0.25) is 0 Å². The molecule has 0 aromatic heterocycles. The molecule has 0 amide bonds. The topological polar surface area (TPSA) is 12.0 Å². The minimum Gasteiger partial charge on any atom is -0.381 e. The van der Waals surface area contributed by atoms with Crippen molar-refractivity contribution in [2.45, 2.75) is 25.8 Å². The highest BCUT2D eigenvalue weighted by Gasteiger charge is 2.25. The molecule has 14 heavy (non-hydrogen) atoms. The normalized spacial score (nSPS) is 25.6. The summed E-state index contributed by atoms with van der Waals surface area (Å²) < 4.78 is 13.8. The van der Waals surface area contributed by atoms with Gasteiger partial charge in [-0.25, -0.2) is 4.39 Å². The van der Waals surface area contributed by atoms with Crippen molar-refractivity contribution >= 4 is 28.3 Å². The summed E-state index contributed by atoms with van der Waals surface area (Å²) in [6.07, 6.45) is 2.46. The molecule has 0 unspecified atom stereocenters. The van der Waals surface area contributed by atoms with Crippen LogP contribution >= 0.6 is 22.6 Å². The van der Waals surface area contributed by atoms with Gasteiger partial charge in [0.25, 0.3) is 0 Å². The minimum absolute atomic E-state index is 0.165. The van der Waals surface area contributed by atoms with Crippen molar-refractivity contribution < 1.29 is 4.39 Å². The molecule has 0 spiro atoms. The second-order valence-electron chi connectivity index (χ2n) is 4.04. The number of nitrogens with one attached hydrogen (secondary N) is 1. The number of hydrogen-bond acceptors (Lipinski definition) is 1. The van der Waals surface area contributed by atoms with Crippen molar-refractivity contribution in [3.05, 3.63) is 27.6 Å². The molecule has 1 aromatic rings. The molecule has 1 nitrogen and oxygen atoms in total. The summed E-state index contributed by atoms with van der Waals surface area (Å²) in [4.78, 5) is 0. The van der Waals surface area contributed by atoms with Crippen molar-refractivity contribution in [2.24, 2.45) is 5.92 Å². The lowest BCUT2D eigenvalue weighted by Gasteiger charge is -2.34. The molecule has 76 valence electrons. The Bertz CT molecular complexity index is 334. The predicted octanol–water partition coefficient (Wildman–Crippen LogP) is 3.64. The zero-order valence-corrected chi connectivity index (χ0v) is 10.2. The first-order valence-electron chi connectivity index (χ1n) is 4.87. The van der Waals surface area contributed by atoms with Gasteiger partial charge >= 0.3 is 0 Å². The van der Waals surface area contributed by atoms with Crippen LogP contribution in [0.5, 0.6) is 0 Å². The van der Waals surface area contributed by atoms with Crippen LogP contribution in [0.25, 0.3) is 0 Å². The summed E-state index contributed by atoms with van der Waals surface area (Å²) in [5.41, 5.74) is 1.06. The van der Waals surface area contributed by atoms with Gasteiger partial charge < -0.3 is 5.32 Å². The molecular formula is C11H13FIN. The third-order valence-corrected chi connectivity index (χ3v) is 3.56. The number of hydrogen-bond donors (Lipinski definition) is 1. The lowest BCUT2D eigenvalue weighted by molar-refractivity contribution is 0.309. The molecule has 0 atom stereocenters. The molecule has 0 radical (unpaired) electrons. The average Bonchev–Trinajstić information content (AvgIpc) is 2.06. The van der Waals surface area contributed by atoms with Gasteiger partial charge in [-0.15, -0.1) is 0 Å². The number of benzene rings is 1. The number of rotatable bonds is 2. The van der Waals surface area contributed by atoms with E-state index >= 15 is 0 Å². The molecular weight excluding hydrogens is 292 g/mol. The van der Waals surface area contributed by atoms with Crippen LogP contribution in [0.1, 0.15) is 19.8 Å². The van der Waals surface area contributed by atoms with Crippen molar-refractivity contribution in [1.82, 2.24) is 0 Å². The zero-order chi connectivity index (χ0) is 10.1. The summed E-state index contributed by atoms with van der Waals surface area (Å²) in [5, 5.41) is 3.43. The number of halogens is 2. The van der Waals surface area contributed by atoms with E-state index in [9.17, 15) is 4.39 Å². The van der Waals surface area contributed by atoms with Crippen molar-refractivity contribution in [3.63, 3.8) is 0 Å². The van der Waals surface area contributed by atoms with Gasteiger partial charge in [0.15, 0.2) is 0 Å². The van der Waals surface area contributed by atoms with E-state index in [4.69, 9.17) is 0 Å². The Morgan fingerprint density at radius 1 is 1.43 bits per heavy atom. The Morgan fingerprint density at radius 3 is 2.71 bits per heavy atom. The van der Waals surface area contributed by atoms with Gasteiger partial charge in [-0.1, -0.05) is 6.92 Å². The molecule has 1 aliphatic carbocycles. The SMILES string of the molecule is CC1CC(Nc2ccc(F)cc2I)C1. The molecule has 0 heterocycles. The lowest BCUT2D eigenvalue weighted by Crippen LogP contribution is -2.33. The Balaban J connectivity index is 2.02. The van der Waals surface area contributed by atoms with E-state index in [1.807, 2.05) is 6.07 Å². The highest BCUT2D eigenvalue weighted by molar-refractivity contribution is 14.1. The van der Waals surface area contributed by atoms with E-state index in [0.29, 0.717) is 6.04 Å².